The van der Waals surface area contributed by atoms with E-state index in [0.29, 0.717) is 16.5 Å². The Hall–Kier alpha value is -2.10. The molecule has 0 aliphatic carbocycles. The monoisotopic (exact) mass is 282 g/mol. The van der Waals surface area contributed by atoms with Crippen molar-refractivity contribution in [3.05, 3.63) is 46.2 Å². The van der Waals surface area contributed by atoms with Gasteiger partial charge in [0, 0.05) is 35.0 Å². The Morgan fingerprint density at radius 1 is 1.47 bits per heavy atom. The van der Waals surface area contributed by atoms with Crippen LogP contribution in [0.5, 0.6) is 0 Å². The molecule has 100 valence electrons. The SMILES string of the molecule is Cc1cc(NN(O)Sc2ccc([N+](=O)[O-])cc2)no1. The van der Waals surface area contributed by atoms with E-state index in [-0.39, 0.29) is 5.69 Å². The molecule has 1 heterocycles. The number of aryl methyl sites for hydroxylation is 1. The summed E-state index contributed by atoms with van der Waals surface area (Å²) in [5.41, 5.74) is 2.56. The molecule has 19 heavy (non-hydrogen) atoms. The first-order valence-corrected chi connectivity index (χ1v) is 5.93. The second-order valence-corrected chi connectivity index (χ2v) is 4.55. The van der Waals surface area contributed by atoms with E-state index in [9.17, 15) is 15.3 Å². The van der Waals surface area contributed by atoms with E-state index in [1.54, 1.807) is 13.0 Å². The van der Waals surface area contributed by atoms with Gasteiger partial charge in [0.25, 0.3) is 5.69 Å². The third-order valence-electron chi connectivity index (χ3n) is 2.08. The lowest BCUT2D eigenvalue weighted by atomic mass is 10.3. The molecular formula is C10H10N4O4S. The fourth-order valence-electron chi connectivity index (χ4n) is 1.27. The number of hydrogen-bond acceptors (Lipinski definition) is 8. The second-order valence-electron chi connectivity index (χ2n) is 3.55. The van der Waals surface area contributed by atoms with Gasteiger partial charge in [-0.3, -0.25) is 20.7 Å². The van der Waals surface area contributed by atoms with Crippen LogP contribution in [0.4, 0.5) is 11.5 Å². The summed E-state index contributed by atoms with van der Waals surface area (Å²) >= 11 is 0.942. The number of nitrogens with one attached hydrogen (secondary N) is 1. The number of nitro benzene ring substituents is 1. The lowest BCUT2D eigenvalue weighted by Gasteiger charge is -2.12. The zero-order chi connectivity index (χ0) is 13.8. The number of benzene rings is 1. The molecule has 0 spiro atoms. The van der Waals surface area contributed by atoms with Gasteiger partial charge in [0.1, 0.15) is 5.76 Å². The molecule has 0 aliphatic rings. The van der Waals surface area contributed by atoms with Crippen LogP contribution in [0.2, 0.25) is 0 Å². The molecule has 8 nitrogen and oxygen atoms in total. The summed E-state index contributed by atoms with van der Waals surface area (Å²) in [6.45, 7) is 1.73. The highest BCUT2D eigenvalue weighted by atomic mass is 32.2. The minimum Gasteiger partial charge on any atom is -0.360 e. The molecule has 0 saturated heterocycles. The van der Waals surface area contributed by atoms with Gasteiger partial charge in [0.05, 0.1) is 4.92 Å². The number of rotatable bonds is 5. The van der Waals surface area contributed by atoms with E-state index < -0.39 is 4.92 Å². The highest BCUT2D eigenvalue weighted by Gasteiger charge is 2.09. The molecule has 0 atom stereocenters. The summed E-state index contributed by atoms with van der Waals surface area (Å²) in [4.78, 5) is 10.6. The average molecular weight is 282 g/mol. The van der Waals surface area contributed by atoms with Crippen LogP contribution in [0.3, 0.4) is 0 Å². The van der Waals surface area contributed by atoms with Gasteiger partial charge < -0.3 is 4.52 Å². The zero-order valence-corrected chi connectivity index (χ0v) is 10.6. The van der Waals surface area contributed by atoms with Crippen LogP contribution in [0.1, 0.15) is 5.76 Å². The maximum absolute atomic E-state index is 10.5. The van der Waals surface area contributed by atoms with Gasteiger partial charge in [-0.05, 0) is 23.6 Å². The van der Waals surface area contributed by atoms with Crippen LogP contribution in [-0.4, -0.2) is 19.9 Å². The first-order chi connectivity index (χ1) is 9.04. The van der Waals surface area contributed by atoms with Crippen LogP contribution < -0.4 is 5.43 Å². The standard InChI is InChI=1S/C10H10N4O4S/c1-7-6-10(12-18-7)11-14(17)19-9-4-2-8(3-5-9)13(15)16/h2-6,17H,1H3,(H,11,12). The van der Waals surface area contributed by atoms with Crippen molar-refractivity contribution in [2.75, 3.05) is 5.43 Å². The highest BCUT2D eigenvalue weighted by Crippen LogP contribution is 2.24. The minimum atomic E-state index is -0.485. The molecule has 0 bridgehead atoms. The first-order valence-electron chi connectivity index (χ1n) is 5.16. The van der Waals surface area contributed by atoms with Crippen LogP contribution >= 0.6 is 11.9 Å². The van der Waals surface area contributed by atoms with Crippen molar-refractivity contribution >= 4 is 23.5 Å². The summed E-state index contributed by atoms with van der Waals surface area (Å²) in [5, 5.41) is 23.7. The van der Waals surface area contributed by atoms with Gasteiger partial charge in [-0.2, -0.15) is 0 Å². The maximum Gasteiger partial charge on any atom is 0.269 e. The van der Waals surface area contributed by atoms with Gasteiger partial charge in [-0.25, -0.2) is 0 Å². The second kappa shape index (κ2) is 5.69. The Morgan fingerprint density at radius 3 is 2.68 bits per heavy atom. The molecule has 9 heteroatoms. The molecule has 0 unspecified atom stereocenters. The molecule has 2 rings (SSSR count). The fourth-order valence-corrected chi connectivity index (χ4v) is 1.87. The summed E-state index contributed by atoms with van der Waals surface area (Å²) in [5.74, 6) is 0.964. The van der Waals surface area contributed by atoms with E-state index in [0.717, 1.165) is 16.5 Å². The highest BCUT2D eigenvalue weighted by molar-refractivity contribution is 7.97. The Balaban J connectivity index is 1.94. The maximum atomic E-state index is 10.5. The van der Waals surface area contributed by atoms with Crippen LogP contribution in [0.25, 0.3) is 0 Å². The summed E-state index contributed by atoms with van der Waals surface area (Å²) in [7, 11) is 0. The van der Waals surface area contributed by atoms with Gasteiger partial charge >= 0.3 is 0 Å². The van der Waals surface area contributed by atoms with Crippen molar-refractivity contribution in [3.63, 3.8) is 0 Å². The third kappa shape index (κ3) is 3.68. The Bertz CT molecular complexity index is 571. The van der Waals surface area contributed by atoms with Gasteiger partial charge in [-0.15, -0.1) is 0 Å². The quantitative estimate of drug-likeness (QED) is 0.490. The Morgan fingerprint density at radius 2 is 2.16 bits per heavy atom. The molecule has 0 saturated carbocycles. The van der Waals surface area contributed by atoms with Crippen molar-refractivity contribution < 1.29 is 14.7 Å². The van der Waals surface area contributed by atoms with E-state index >= 15 is 0 Å². The minimum absolute atomic E-state index is 0.00562. The topological polar surface area (TPSA) is 105 Å². The molecule has 1 aromatic carbocycles. The third-order valence-corrected chi connectivity index (χ3v) is 2.82. The molecular weight excluding hydrogens is 272 g/mol. The van der Waals surface area contributed by atoms with Gasteiger partial charge in [0.2, 0.25) is 0 Å². The number of nitrogens with zero attached hydrogens (tertiary/aromatic N) is 3. The molecule has 0 fully saturated rings. The van der Waals surface area contributed by atoms with E-state index in [1.807, 2.05) is 0 Å². The van der Waals surface area contributed by atoms with Gasteiger partial charge in [0.15, 0.2) is 5.82 Å². The van der Waals surface area contributed by atoms with Crippen molar-refractivity contribution in [1.82, 2.24) is 9.73 Å². The van der Waals surface area contributed by atoms with Crippen molar-refractivity contribution in [1.29, 1.82) is 0 Å². The molecule has 1 aromatic heterocycles. The van der Waals surface area contributed by atoms with Crippen molar-refractivity contribution in [2.24, 2.45) is 0 Å². The normalized spacial score (nSPS) is 10.7. The molecule has 0 radical (unpaired) electrons. The number of anilines is 1. The largest absolute Gasteiger partial charge is 0.360 e. The molecule has 2 N–H and O–H groups in total. The predicted molar refractivity (Wildman–Crippen MR) is 67.4 cm³/mol. The van der Waals surface area contributed by atoms with Crippen LogP contribution in [0.15, 0.2) is 39.8 Å². The van der Waals surface area contributed by atoms with Crippen LogP contribution in [-0.2, 0) is 0 Å². The average Bonchev–Trinajstić information content (AvgIpc) is 2.75. The molecule has 0 amide bonds. The van der Waals surface area contributed by atoms with E-state index in [2.05, 4.69) is 10.6 Å². The number of hydrogen-bond donors (Lipinski definition) is 2. The lowest BCUT2D eigenvalue weighted by molar-refractivity contribution is -0.384. The first kappa shape index (κ1) is 13.3. The number of hydrazine groups is 1. The fraction of sp³-hybridized carbons (Fsp3) is 0.100. The number of non-ortho nitro benzene ring substituents is 1. The lowest BCUT2D eigenvalue weighted by Crippen LogP contribution is -2.18. The number of aromatic nitrogens is 1. The van der Waals surface area contributed by atoms with Gasteiger partial charge in [-0.1, -0.05) is 5.16 Å². The predicted octanol–water partition coefficient (Wildman–Crippen LogP) is 2.62. The van der Waals surface area contributed by atoms with Crippen molar-refractivity contribution in [2.45, 2.75) is 11.8 Å². The number of nitro groups is 1. The Labute approximate surface area is 112 Å². The molecule has 2 aromatic rings. The van der Waals surface area contributed by atoms with Crippen molar-refractivity contribution in [3.8, 4) is 0 Å². The zero-order valence-electron chi connectivity index (χ0n) is 9.81. The smallest absolute Gasteiger partial charge is 0.269 e. The summed E-state index contributed by atoms with van der Waals surface area (Å²) < 4.78 is 5.56. The summed E-state index contributed by atoms with van der Waals surface area (Å²) in [6.07, 6.45) is 0. The van der Waals surface area contributed by atoms with E-state index in [1.165, 1.54) is 24.3 Å². The van der Waals surface area contributed by atoms with E-state index in [4.69, 9.17) is 4.52 Å². The Kier molecular flexibility index (Phi) is 4.00. The van der Waals surface area contributed by atoms with Crippen LogP contribution in [0, 0.1) is 17.0 Å². The summed E-state index contributed by atoms with van der Waals surface area (Å²) in [6, 6.07) is 7.38. The molecule has 0 aliphatic heterocycles.